The van der Waals surface area contributed by atoms with Gasteiger partial charge in [-0.25, -0.2) is 14.4 Å². The number of rotatable bonds is 12. The molecule has 7 rings (SSSR count). The highest BCUT2D eigenvalue weighted by atomic mass is 32.2. The second-order valence-corrected chi connectivity index (χ2v) is 18.9. The topological polar surface area (TPSA) is 269 Å². The molecule has 5 N–H and O–H groups in total. The smallest absolute Gasteiger partial charge is 0.352 e. The van der Waals surface area contributed by atoms with Crippen LogP contribution in [0.2, 0.25) is 0 Å². The van der Waals surface area contributed by atoms with Gasteiger partial charge in [0.25, 0.3) is 5.91 Å². The number of fused-ring (bicyclic) bond motifs is 2. The lowest BCUT2D eigenvalue weighted by molar-refractivity contribution is -0.161. The molecule has 0 spiro atoms. The molecule has 4 saturated heterocycles. The molecular formula is C39H43N7O13S3. The van der Waals surface area contributed by atoms with Crippen LogP contribution in [0.3, 0.4) is 0 Å². The first-order valence-corrected chi connectivity index (χ1v) is 22.0. The van der Waals surface area contributed by atoms with Crippen LogP contribution in [0.5, 0.6) is 0 Å². The van der Waals surface area contributed by atoms with Crippen molar-refractivity contribution < 1.29 is 62.9 Å². The van der Waals surface area contributed by atoms with E-state index in [-0.39, 0.29) is 37.7 Å². The van der Waals surface area contributed by atoms with E-state index in [9.17, 15) is 58.2 Å². The Morgan fingerprint density at radius 3 is 2.21 bits per heavy atom. The Hall–Kier alpha value is -5.94. The van der Waals surface area contributed by atoms with Crippen molar-refractivity contribution in [3.63, 3.8) is 0 Å². The van der Waals surface area contributed by atoms with Gasteiger partial charge >= 0.3 is 35.8 Å². The van der Waals surface area contributed by atoms with Crippen molar-refractivity contribution in [1.29, 1.82) is 0 Å². The molecule has 2 aromatic rings. The number of esters is 1. The van der Waals surface area contributed by atoms with E-state index >= 15 is 0 Å². The SMILES string of the molecule is CC(=O)OCC1=C(C(=O)O)N2C(=O)[C@@H](NC(=O)Cc3cccs3)[C@H]2SC1.CCN1CCN(C(=O)N[C@@H](C(=O)N[C@@H]2C(=O)N3[C@@H]2SC(C)(C)[C@@H]3C(=O)O)c2ccccc2)C(=O)C1=O. The van der Waals surface area contributed by atoms with Gasteiger partial charge in [0.15, 0.2) is 0 Å². The number of carboxylic acids is 2. The molecule has 23 heteroatoms. The minimum atomic E-state index is -1.26. The number of imide groups is 1. The van der Waals surface area contributed by atoms with Crippen molar-refractivity contribution in [2.24, 2.45) is 0 Å². The number of hydrogen-bond acceptors (Lipinski definition) is 14. The Labute approximate surface area is 366 Å². The van der Waals surface area contributed by atoms with E-state index in [0.29, 0.717) is 23.4 Å². The summed E-state index contributed by atoms with van der Waals surface area (Å²) in [6, 6.07) is 7.04. The number of amides is 8. The highest BCUT2D eigenvalue weighted by molar-refractivity contribution is 8.01. The maximum atomic E-state index is 13.3. The van der Waals surface area contributed by atoms with Crippen LogP contribution in [-0.2, 0) is 54.3 Å². The number of nitrogens with zero attached hydrogens (tertiary/aromatic N) is 4. The van der Waals surface area contributed by atoms with Crippen LogP contribution in [0.4, 0.5) is 4.79 Å². The number of aliphatic carboxylic acids is 2. The third kappa shape index (κ3) is 9.14. The fourth-order valence-electron chi connectivity index (χ4n) is 7.48. The number of nitrogens with one attached hydrogen (secondary N) is 3. The lowest BCUT2D eigenvalue weighted by Crippen LogP contribution is -2.71. The molecule has 0 radical (unpaired) electrons. The van der Waals surface area contributed by atoms with Crippen LogP contribution >= 0.6 is 34.9 Å². The second kappa shape index (κ2) is 18.6. The normalized spacial score (nSPS) is 24.0. The summed E-state index contributed by atoms with van der Waals surface area (Å²) >= 11 is 4.07. The molecule has 0 saturated carbocycles. The molecular weight excluding hydrogens is 871 g/mol. The first kappa shape index (κ1) is 45.6. The Morgan fingerprint density at radius 2 is 1.60 bits per heavy atom. The third-order valence-corrected chi connectivity index (χ3v) is 14.3. The van der Waals surface area contributed by atoms with E-state index in [1.54, 1.807) is 51.1 Å². The number of benzene rings is 1. The molecule has 8 amide bonds. The van der Waals surface area contributed by atoms with Gasteiger partial charge in [0.05, 0.1) is 6.42 Å². The van der Waals surface area contributed by atoms with Gasteiger partial charge < -0.3 is 40.7 Å². The van der Waals surface area contributed by atoms with Crippen LogP contribution in [0, 0.1) is 0 Å². The first-order chi connectivity index (χ1) is 29.4. The Kier molecular flexibility index (Phi) is 13.7. The number of ether oxygens (including phenoxy) is 1. The van der Waals surface area contributed by atoms with Gasteiger partial charge in [-0.05, 0) is 37.8 Å². The first-order valence-electron chi connectivity index (χ1n) is 19.2. The maximum Gasteiger partial charge on any atom is 0.352 e. The summed E-state index contributed by atoms with van der Waals surface area (Å²) < 4.78 is 4.12. The van der Waals surface area contributed by atoms with E-state index < -0.39 is 93.1 Å². The number of thioether (sulfide) groups is 2. The molecule has 20 nitrogen and oxygen atoms in total. The van der Waals surface area contributed by atoms with Gasteiger partial charge in [-0.1, -0.05) is 36.4 Å². The number of carbonyl (C=O) groups excluding carboxylic acids is 8. The molecule has 6 heterocycles. The zero-order valence-electron chi connectivity index (χ0n) is 33.7. The quantitative estimate of drug-likeness (QED) is 0.109. The van der Waals surface area contributed by atoms with E-state index in [4.69, 9.17) is 4.74 Å². The number of urea groups is 1. The van der Waals surface area contributed by atoms with E-state index in [1.165, 1.54) is 51.6 Å². The second-order valence-electron chi connectivity index (χ2n) is 15.0. The summed E-state index contributed by atoms with van der Waals surface area (Å²) in [4.78, 5) is 128. The summed E-state index contributed by atoms with van der Waals surface area (Å²) in [7, 11) is 0. The van der Waals surface area contributed by atoms with Crippen molar-refractivity contribution in [3.05, 3.63) is 69.6 Å². The van der Waals surface area contributed by atoms with Gasteiger partial charge in [0.2, 0.25) is 17.7 Å². The number of likely N-dealkylation sites (N-methyl/N-ethyl adjacent to an activating group) is 1. The van der Waals surface area contributed by atoms with Gasteiger partial charge in [-0.2, -0.15) is 0 Å². The number of thiophene rings is 1. The van der Waals surface area contributed by atoms with Crippen LogP contribution in [-0.4, -0.2) is 155 Å². The molecule has 1 aromatic heterocycles. The van der Waals surface area contributed by atoms with Gasteiger partial charge in [0, 0.05) is 47.5 Å². The Morgan fingerprint density at radius 1 is 0.903 bits per heavy atom. The predicted molar refractivity (Wildman–Crippen MR) is 222 cm³/mol. The van der Waals surface area contributed by atoms with Crippen molar-refractivity contribution in [2.75, 3.05) is 32.0 Å². The van der Waals surface area contributed by atoms with Crippen LogP contribution in [0.15, 0.2) is 59.1 Å². The third-order valence-electron chi connectivity index (χ3n) is 10.5. The van der Waals surface area contributed by atoms with Gasteiger partial charge in [0.1, 0.15) is 47.2 Å². The monoisotopic (exact) mass is 913 g/mol. The number of carboxylic acid groups (broad SMARTS) is 2. The molecule has 4 fully saturated rings. The summed E-state index contributed by atoms with van der Waals surface area (Å²) in [5, 5.41) is 27.7. The predicted octanol–water partition coefficient (Wildman–Crippen LogP) is 0.352. The average molecular weight is 914 g/mol. The van der Waals surface area contributed by atoms with Gasteiger partial charge in [-0.15, -0.1) is 34.9 Å². The van der Waals surface area contributed by atoms with E-state index in [0.717, 1.165) is 14.7 Å². The van der Waals surface area contributed by atoms with Crippen molar-refractivity contribution in [3.8, 4) is 0 Å². The Balaban J connectivity index is 0.000000218. The summed E-state index contributed by atoms with van der Waals surface area (Å²) in [6.07, 6.45) is 0.179. The molecule has 0 bridgehead atoms. The number of piperazine rings is 1. The lowest BCUT2D eigenvalue weighted by atomic mass is 9.95. The standard InChI is InChI=1S/C23H27N5O7S.C16H16N2O6S2/c1-4-26-10-11-27(19(32)18(26)31)22(35)25-13(12-8-6-5-7-9-12)16(29)24-14-17(30)28-15(21(33)34)23(2,3)36-20(14)28;1-8(19)24-6-9-7-26-15-12(14(21)18(15)13(9)16(22)23)17-11(20)5-10-3-2-4-25-10/h5-9,13-15,20H,4,10-11H2,1-3H3,(H,24,29)(H,25,35)(H,33,34);2-4,12,15H,5-7H2,1H3,(H,17,20)(H,22,23)/t13-,14-,15+,20-;12-,15-/m11/s1. The number of β-lactam (4-membered cyclic amide) rings is 2. The lowest BCUT2D eigenvalue weighted by Gasteiger charge is -2.49. The molecule has 0 aliphatic carbocycles. The highest BCUT2D eigenvalue weighted by Crippen LogP contribution is 2.51. The van der Waals surface area contributed by atoms with Crippen molar-refractivity contribution in [1.82, 2.24) is 35.6 Å². The summed E-state index contributed by atoms with van der Waals surface area (Å²) in [5.74, 6) is -6.35. The van der Waals surface area contributed by atoms with E-state index in [1.807, 2.05) is 17.5 Å². The average Bonchev–Trinajstić information content (AvgIpc) is 3.84. The molecule has 5 aliphatic rings. The molecule has 330 valence electrons. The fraction of sp³-hybridized carbons (Fsp3) is 0.436. The zero-order valence-corrected chi connectivity index (χ0v) is 36.2. The summed E-state index contributed by atoms with van der Waals surface area (Å²) in [5.41, 5.74) is 0.607. The van der Waals surface area contributed by atoms with Crippen molar-refractivity contribution >= 4 is 94.2 Å². The molecule has 1 aromatic carbocycles. The Bertz CT molecular complexity index is 2220. The minimum Gasteiger partial charge on any atom is -0.480 e. The van der Waals surface area contributed by atoms with E-state index in [2.05, 4.69) is 16.0 Å². The highest BCUT2D eigenvalue weighted by Gasteiger charge is 2.64. The summed E-state index contributed by atoms with van der Waals surface area (Å²) in [6.45, 7) is 6.73. The number of hydrogen-bond donors (Lipinski definition) is 5. The molecule has 5 aliphatic heterocycles. The fourth-order valence-corrected chi connectivity index (χ4v) is 11.1. The van der Waals surface area contributed by atoms with Gasteiger partial charge in [-0.3, -0.25) is 43.4 Å². The largest absolute Gasteiger partial charge is 0.480 e. The maximum absolute atomic E-state index is 13.3. The zero-order chi connectivity index (χ0) is 45.2. The molecule has 6 atom stereocenters. The number of carbonyl (C=O) groups is 10. The van der Waals surface area contributed by atoms with Crippen LogP contribution in [0.25, 0.3) is 0 Å². The minimum absolute atomic E-state index is 0.0200. The van der Waals surface area contributed by atoms with Crippen LogP contribution in [0.1, 0.15) is 44.2 Å². The van der Waals surface area contributed by atoms with Crippen molar-refractivity contribution in [2.45, 2.75) is 73.8 Å². The van der Waals surface area contributed by atoms with Crippen LogP contribution < -0.4 is 16.0 Å². The molecule has 62 heavy (non-hydrogen) atoms. The molecule has 0 unspecified atom stereocenters.